The van der Waals surface area contributed by atoms with Crippen LogP contribution >= 0.6 is 0 Å². The van der Waals surface area contributed by atoms with E-state index in [0.29, 0.717) is 5.70 Å². The van der Waals surface area contributed by atoms with Crippen molar-refractivity contribution in [1.29, 1.82) is 5.26 Å². The van der Waals surface area contributed by atoms with E-state index in [1.54, 1.807) is 23.4 Å². The van der Waals surface area contributed by atoms with Crippen LogP contribution in [0, 0.1) is 11.3 Å². The highest BCUT2D eigenvalue weighted by Gasteiger charge is 2.09. The van der Waals surface area contributed by atoms with E-state index in [-0.39, 0.29) is 0 Å². The van der Waals surface area contributed by atoms with Crippen LogP contribution in [-0.4, -0.2) is 33.5 Å². The summed E-state index contributed by atoms with van der Waals surface area (Å²) in [6.45, 7) is 2.86. The van der Waals surface area contributed by atoms with Gasteiger partial charge in [-0.25, -0.2) is 4.98 Å². The number of allylic oxidation sites excluding steroid dienone is 1. The van der Waals surface area contributed by atoms with Crippen LogP contribution in [0.4, 0.5) is 0 Å². The lowest BCUT2D eigenvalue weighted by Gasteiger charge is -2.10. The molecule has 0 aliphatic rings. The Kier molecular flexibility index (Phi) is 3.28. The van der Waals surface area contributed by atoms with Crippen molar-refractivity contribution in [3.63, 3.8) is 0 Å². The number of nitriles is 1. The number of hydrogen-bond acceptors (Lipinski definition) is 4. The van der Waals surface area contributed by atoms with Crippen LogP contribution < -0.4 is 0 Å². The van der Waals surface area contributed by atoms with Crippen molar-refractivity contribution in [1.82, 2.24) is 19.4 Å². The van der Waals surface area contributed by atoms with E-state index in [4.69, 9.17) is 5.26 Å². The van der Waals surface area contributed by atoms with Crippen molar-refractivity contribution in [2.75, 3.05) is 14.1 Å². The molecule has 2 heterocycles. The Bertz CT molecular complexity index is 630. The molecule has 0 amide bonds. The molecular weight excluding hydrogens is 226 g/mol. The number of aryl methyl sites for hydroxylation is 1. The van der Waals surface area contributed by atoms with Gasteiger partial charge >= 0.3 is 0 Å². The summed E-state index contributed by atoms with van der Waals surface area (Å²) in [5, 5.41) is 9.09. The van der Waals surface area contributed by atoms with Gasteiger partial charge in [-0.2, -0.15) is 5.26 Å². The lowest BCUT2D eigenvalue weighted by Crippen LogP contribution is -2.10. The zero-order chi connectivity index (χ0) is 13.1. The van der Waals surface area contributed by atoms with E-state index in [1.165, 1.54) is 0 Å². The normalized spacial score (nSPS) is 11.6. The molecular formula is C13H15N5. The second-order valence-corrected chi connectivity index (χ2v) is 4.11. The fraction of sp³-hybridized carbons (Fsp3) is 0.308. The van der Waals surface area contributed by atoms with Gasteiger partial charge in [0.1, 0.15) is 23.1 Å². The molecule has 0 N–H and O–H groups in total. The molecule has 0 bridgehead atoms. The Morgan fingerprint density at radius 2 is 2.33 bits per heavy atom. The van der Waals surface area contributed by atoms with Crippen LogP contribution in [-0.2, 0) is 6.54 Å². The van der Waals surface area contributed by atoms with Gasteiger partial charge in [-0.05, 0) is 13.0 Å². The van der Waals surface area contributed by atoms with Gasteiger partial charge in [-0.15, -0.1) is 0 Å². The summed E-state index contributed by atoms with van der Waals surface area (Å²) in [6.07, 6.45) is 5.28. The molecule has 0 spiro atoms. The van der Waals surface area contributed by atoms with E-state index in [0.717, 1.165) is 23.4 Å². The molecule has 0 fully saturated rings. The quantitative estimate of drug-likeness (QED) is 0.770. The first kappa shape index (κ1) is 12.1. The summed E-state index contributed by atoms with van der Waals surface area (Å²) in [4.78, 5) is 10.3. The maximum Gasteiger partial charge on any atom is 0.136 e. The molecule has 2 aromatic heterocycles. The number of hydrogen-bond donors (Lipinski definition) is 0. The number of pyridine rings is 1. The molecule has 0 aromatic carbocycles. The van der Waals surface area contributed by atoms with Crippen LogP contribution in [0.15, 0.2) is 24.2 Å². The molecule has 0 unspecified atom stereocenters. The zero-order valence-corrected chi connectivity index (χ0v) is 10.8. The largest absolute Gasteiger partial charge is 0.369 e. The van der Waals surface area contributed by atoms with Crippen molar-refractivity contribution in [2.45, 2.75) is 13.5 Å². The first-order valence-corrected chi connectivity index (χ1v) is 5.76. The standard InChI is InChI=1S/C13H15N5/c1-4-18-12-5-6-15-9-11(12)16-13(18)7-10(8-14)17(2)3/h5-7,9H,4H2,1-3H3/b10-7+. The number of fused-ring (bicyclic) bond motifs is 1. The van der Waals surface area contributed by atoms with Crippen molar-refractivity contribution in [3.8, 4) is 6.07 Å². The third kappa shape index (κ3) is 2.05. The van der Waals surface area contributed by atoms with Gasteiger partial charge < -0.3 is 9.47 Å². The van der Waals surface area contributed by atoms with Crippen LogP contribution in [0.2, 0.25) is 0 Å². The molecule has 5 heteroatoms. The molecule has 2 aromatic rings. The second kappa shape index (κ2) is 4.88. The zero-order valence-electron chi connectivity index (χ0n) is 10.8. The highest BCUT2D eigenvalue weighted by Crippen LogP contribution is 2.17. The summed E-state index contributed by atoms with van der Waals surface area (Å²) in [7, 11) is 3.69. The molecule has 0 aliphatic carbocycles. The van der Waals surface area contributed by atoms with Crippen molar-refractivity contribution in [3.05, 3.63) is 30.0 Å². The molecule has 0 radical (unpaired) electrons. The minimum Gasteiger partial charge on any atom is -0.369 e. The molecule has 0 saturated carbocycles. The molecule has 0 atom stereocenters. The van der Waals surface area contributed by atoms with Crippen LogP contribution in [0.1, 0.15) is 12.7 Å². The van der Waals surface area contributed by atoms with E-state index < -0.39 is 0 Å². The predicted octanol–water partition coefficient (Wildman–Crippen LogP) is 1.88. The first-order chi connectivity index (χ1) is 8.67. The van der Waals surface area contributed by atoms with Crippen molar-refractivity contribution < 1.29 is 0 Å². The lowest BCUT2D eigenvalue weighted by molar-refractivity contribution is 0.537. The topological polar surface area (TPSA) is 57.7 Å². The summed E-state index contributed by atoms with van der Waals surface area (Å²) >= 11 is 0. The van der Waals surface area contributed by atoms with Gasteiger partial charge in [0.15, 0.2) is 0 Å². The van der Waals surface area contributed by atoms with Gasteiger partial charge in [0.25, 0.3) is 0 Å². The summed E-state index contributed by atoms with van der Waals surface area (Å²) in [6, 6.07) is 4.10. The summed E-state index contributed by atoms with van der Waals surface area (Å²) in [5.41, 5.74) is 2.46. The molecule has 5 nitrogen and oxygen atoms in total. The minimum absolute atomic E-state index is 0.577. The Labute approximate surface area is 106 Å². The van der Waals surface area contributed by atoms with E-state index in [9.17, 15) is 0 Å². The van der Waals surface area contributed by atoms with Crippen molar-refractivity contribution >= 4 is 17.1 Å². The predicted molar refractivity (Wildman–Crippen MR) is 70.5 cm³/mol. The van der Waals surface area contributed by atoms with Crippen LogP contribution in [0.3, 0.4) is 0 Å². The Morgan fingerprint density at radius 1 is 1.56 bits per heavy atom. The smallest absolute Gasteiger partial charge is 0.136 e. The van der Waals surface area contributed by atoms with E-state index >= 15 is 0 Å². The maximum absolute atomic E-state index is 9.09. The third-order valence-corrected chi connectivity index (χ3v) is 2.76. The second-order valence-electron chi connectivity index (χ2n) is 4.11. The number of rotatable bonds is 3. The van der Waals surface area contributed by atoms with E-state index in [1.807, 2.05) is 20.2 Å². The monoisotopic (exact) mass is 241 g/mol. The highest BCUT2D eigenvalue weighted by molar-refractivity contribution is 5.77. The van der Waals surface area contributed by atoms with E-state index in [2.05, 4.69) is 27.5 Å². The number of imidazole rings is 1. The summed E-state index contributed by atoms with van der Waals surface area (Å²) < 4.78 is 2.07. The number of nitrogens with zero attached hydrogens (tertiary/aromatic N) is 5. The number of aromatic nitrogens is 3. The maximum atomic E-state index is 9.09. The van der Waals surface area contributed by atoms with Crippen molar-refractivity contribution in [2.24, 2.45) is 0 Å². The fourth-order valence-electron chi connectivity index (χ4n) is 1.83. The van der Waals surface area contributed by atoms with Gasteiger partial charge in [-0.3, -0.25) is 4.98 Å². The Balaban J connectivity index is 2.61. The summed E-state index contributed by atoms with van der Waals surface area (Å²) in [5.74, 6) is 0.783. The molecule has 2 rings (SSSR count). The SMILES string of the molecule is CCn1c(/C=C(\C#N)N(C)C)nc2cnccc21. The first-order valence-electron chi connectivity index (χ1n) is 5.76. The van der Waals surface area contributed by atoms with Crippen LogP contribution in [0.25, 0.3) is 17.1 Å². The Morgan fingerprint density at radius 3 is 2.94 bits per heavy atom. The molecule has 18 heavy (non-hydrogen) atoms. The lowest BCUT2D eigenvalue weighted by atomic mass is 10.3. The van der Waals surface area contributed by atoms with Gasteiger partial charge in [0.05, 0.1) is 11.7 Å². The fourth-order valence-corrected chi connectivity index (χ4v) is 1.83. The minimum atomic E-state index is 0.577. The Hall–Kier alpha value is -2.35. The molecule has 92 valence electrons. The average Bonchev–Trinajstić information content (AvgIpc) is 2.72. The molecule has 0 aliphatic heterocycles. The van der Waals surface area contributed by atoms with Gasteiger partial charge in [-0.1, -0.05) is 0 Å². The van der Waals surface area contributed by atoms with Gasteiger partial charge in [0, 0.05) is 32.9 Å². The van der Waals surface area contributed by atoms with Gasteiger partial charge in [0.2, 0.25) is 0 Å². The average molecular weight is 241 g/mol. The highest BCUT2D eigenvalue weighted by atomic mass is 15.1. The molecule has 0 saturated heterocycles. The van der Waals surface area contributed by atoms with Crippen LogP contribution in [0.5, 0.6) is 0 Å². The third-order valence-electron chi connectivity index (χ3n) is 2.76.